The molecule has 29 heavy (non-hydrogen) atoms. The van der Waals surface area contributed by atoms with Gasteiger partial charge in [-0.3, -0.25) is 9.59 Å². The highest BCUT2D eigenvalue weighted by Crippen LogP contribution is 2.41. The van der Waals surface area contributed by atoms with E-state index in [0.717, 1.165) is 12.8 Å². The normalized spacial score (nSPS) is 23.7. The van der Waals surface area contributed by atoms with Gasteiger partial charge in [-0.25, -0.2) is 4.39 Å². The van der Waals surface area contributed by atoms with Crippen molar-refractivity contribution >= 4 is 29.1 Å². The highest BCUT2D eigenvalue weighted by molar-refractivity contribution is 6.46. The Morgan fingerprint density at radius 1 is 1.17 bits per heavy atom. The molecule has 2 fully saturated rings. The van der Waals surface area contributed by atoms with Gasteiger partial charge in [-0.15, -0.1) is 0 Å². The summed E-state index contributed by atoms with van der Waals surface area (Å²) in [6, 6.07) is 11.1. The van der Waals surface area contributed by atoms with Crippen LogP contribution in [0.1, 0.15) is 30.0 Å². The minimum Gasteiger partial charge on any atom is -0.507 e. The summed E-state index contributed by atoms with van der Waals surface area (Å²) in [6.07, 6.45) is 1.39. The molecule has 0 aliphatic carbocycles. The van der Waals surface area contributed by atoms with E-state index in [2.05, 4.69) is 0 Å². The Hall–Kier alpha value is -2.70. The van der Waals surface area contributed by atoms with Gasteiger partial charge in [0.05, 0.1) is 17.7 Å². The number of halogens is 2. The summed E-state index contributed by atoms with van der Waals surface area (Å²) < 4.78 is 20.3. The maximum absolute atomic E-state index is 14.7. The Bertz CT molecular complexity index is 983. The Morgan fingerprint density at radius 2 is 1.90 bits per heavy atom. The van der Waals surface area contributed by atoms with Crippen LogP contribution in [0.3, 0.4) is 0 Å². The number of ether oxygens (including phenoxy) is 1. The summed E-state index contributed by atoms with van der Waals surface area (Å²) >= 11 is 5.90. The zero-order valence-electron chi connectivity index (χ0n) is 15.5. The lowest BCUT2D eigenvalue weighted by molar-refractivity contribution is -0.140. The first-order valence-corrected chi connectivity index (χ1v) is 9.75. The Morgan fingerprint density at radius 3 is 2.55 bits per heavy atom. The number of amides is 1. The van der Waals surface area contributed by atoms with E-state index in [0.29, 0.717) is 17.2 Å². The first-order chi connectivity index (χ1) is 14.0. The lowest BCUT2D eigenvalue weighted by atomic mass is 9.95. The van der Waals surface area contributed by atoms with Crippen LogP contribution in [-0.2, 0) is 14.3 Å². The van der Waals surface area contributed by atoms with E-state index in [1.165, 1.54) is 23.1 Å². The Kier molecular flexibility index (Phi) is 5.39. The lowest BCUT2D eigenvalue weighted by Gasteiger charge is -2.27. The third kappa shape index (κ3) is 3.66. The molecule has 2 aliphatic heterocycles. The Balaban J connectivity index is 1.84. The summed E-state index contributed by atoms with van der Waals surface area (Å²) in [5, 5.41) is 11.3. The predicted octanol–water partition coefficient (Wildman–Crippen LogP) is 4.08. The second kappa shape index (κ2) is 7.97. The van der Waals surface area contributed by atoms with Crippen molar-refractivity contribution < 1.29 is 23.8 Å². The average Bonchev–Trinajstić information content (AvgIpc) is 3.31. The number of Topliss-reactive ketones (excluding diaryl/α,β-unsaturated/α-hetero) is 1. The number of hydrogen-bond donors (Lipinski definition) is 1. The lowest BCUT2D eigenvalue weighted by Crippen LogP contribution is -2.36. The zero-order valence-corrected chi connectivity index (χ0v) is 16.2. The van der Waals surface area contributed by atoms with E-state index >= 15 is 0 Å². The molecule has 4 rings (SSSR count). The quantitative estimate of drug-likeness (QED) is 0.464. The fraction of sp³-hybridized carbons (Fsp3) is 0.273. The molecule has 2 heterocycles. The average molecular weight is 416 g/mol. The summed E-state index contributed by atoms with van der Waals surface area (Å²) in [7, 11) is 0. The number of ketones is 1. The summed E-state index contributed by atoms with van der Waals surface area (Å²) in [6.45, 7) is 0.741. The van der Waals surface area contributed by atoms with Crippen LogP contribution in [0.4, 0.5) is 4.39 Å². The maximum Gasteiger partial charge on any atom is 0.295 e. The molecule has 1 N–H and O–H groups in total. The van der Waals surface area contributed by atoms with Gasteiger partial charge in [0.1, 0.15) is 11.6 Å². The molecule has 0 radical (unpaired) electrons. The van der Waals surface area contributed by atoms with Gasteiger partial charge in [0, 0.05) is 29.3 Å². The molecule has 7 heteroatoms. The summed E-state index contributed by atoms with van der Waals surface area (Å²) in [5.41, 5.74) is 0.339. The van der Waals surface area contributed by atoms with Crippen molar-refractivity contribution in [2.45, 2.75) is 25.0 Å². The van der Waals surface area contributed by atoms with E-state index in [1.54, 1.807) is 30.3 Å². The molecule has 0 unspecified atom stereocenters. The molecule has 2 aliphatic rings. The molecule has 2 aromatic carbocycles. The summed E-state index contributed by atoms with van der Waals surface area (Å²) in [4.78, 5) is 27.0. The number of hydrogen-bond acceptors (Lipinski definition) is 4. The van der Waals surface area contributed by atoms with Crippen molar-refractivity contribution in [2.24, 2.45) is 0 Å². The fourth-order valence-electron chi connectivity index (χ4n) is 3.86. The van der Waals surface area contributed by atoms with Crippen LogP contribution >= 0.6 is 11.6 Å². The second-order valence-electron chi connectivity index (χ2n) is 7.11. The number of carbonyl (C=O) groups is 2. The maximum atomic E-state index is 14.7. The van der Waals surface area contributed by atoms with E-state index in [1.807, 2.05) is 0 Å². The number of nitrogens with zero attached hydrogens (tertiary/aromatic N) is 1. The molecule has 0 spiro atoms. The second-order valence-corrected chi connectivity index (χ2v) is 7.55. The molecule has 0 aromatic heterocycles. The predicted molar refractivity (Wildman–Crippen MR) is 106 cm³/mol. The molecule has 5 nitrogen and oxygen atoms in total. The summed E-state index contributed by atoms with van der Waals surface area (Å²) in [5.74, 6) is -2.53. The van der Waals surface area contributed by atoms with E-state index in [-0.39, 0.29) is 29.5 Å². The number of benzene rings is 2. The molecular weight excluding hydrogens is 397 g/mol. The van der Waals surface area contributed by atoms with Crippen molar-refractivity contribution in [3.8, 4) is 0 Å². The van der Waals surface area contributed by atoms with Gasteiger partial charge in [-0.1, -0.05) is 29.8 Å². The molecule has 2 saturated heterocycles. The largest absolute Gasteiger partial charge is 0.507 e. The first-order valence-electron chi connectivity index (χ1n) is 9.37. The van der Waals surface area contributed by atoms with E-state index < -0.39 is 23.5 Å². The highest BCUT2D eigenvalue weighted by atomic mass is 35.5. The number of aliphatic hydroxyl groups excluding tert-OH is 1. The van der Waals surface area contributed by atoms with Crippen molar-refractivity contribution in [3.63, 3.8) is 0 Å². The highest BCUT2D eigenvalue weighted by Gasteiger charge is 2.47. The molecule has 0 saturated carbocycles. The Labute approximate surface area is 172 Å². The minimum atomic E-state index is -1.03. The molecule has 2 aromatic rings. The van der Waals surface area contributed by atoms with Gasteiger partial charge in [0.25, 0.3) is 11.7 Å². The van der Waals surface area contributed by atoms with Crippen LogP contribution in [-0.4, -0.2) is 41.0 Å². The number of likely N-dealkylation sites (tertiary alicyclic amines) is 1. The fourth-order valence-corrected chi connectivity index (χ4v) is 3.99. The molecular formula is C22H19ClFNO4. The number of rotatable bonds is 4. The van der Waals surface area contributed by atoms with Crippen molar-refractivity contribution in [2.75, 3.05) is 13.2 Å². The monoisotopic (exact) mass is 415 g/mol. The smallest absolute Gasteiger partial charge is 0.295 e. The van der Waals surface area contributed by atoms with Gasteiger partial charge >= 0.3 is 0 Å². The van der Waals surface area contributed by atoms with Gasteiger partial charge in [0.2, 0.25) is 0 Å². The molecule has 0 bridgehead atoms. The van der Waals surface area contributed by atoms with Crippen LogP contribution in [0.15, 0.2) is 54.1 Å². The van der Waals surface area contributed by atoms with Crippen molar-refractivity contribution in [1.82, 2.24) is 4.90 Å². The molecule has 150 valence electrons. The van der Waals surface area contributed by atoms with Crippen LogP contribution in [0.5, 0.6) is 0 Å². The SMILES string of the molecule is O=C1C(=O)N(C[C@@H]2CCCO2)[C@@H](c2ccccc2F)C1=C(O)c1ccc(Cl)cc1. The minimum absolute atomic E-state index is 0.139. The van der Waals surface area contributed by atoms with Crippen molar-refractivity contribution in [1.29, 1.82) is 0 Å². The van der Waals surface area contributed by atoms with Crippen molar-refractivity contribution in [3.05, 3.63) is 76.1 Å². The van der Waals surface area contributed by atoms with Crippen LogP contribution in [0, 0.1) is 5.82 Å². The van der Waals surface area contributed by atoms with Gasteiger partial charge in [0.15, 0.2) is 0 Å². The van der Waals surface area contributed by atoms with Gasteiger partial charge in [-0.05, 0) is 43.2 Å². The number of carbonyl (C=O) groups excluding carboxylic acids is 2. The topological polar surface area (TPSA) is 66.8 Å². The number of aliphatic hydroxyl groups is 1. The van der Waals surface area contributed by atoms with Crippen LogP contribution in [0.25, 0.3) is 5.76 Å². The van der Waals surface area contributed by atoms with Crippen LogP contribution < -0.4 is 0 Å². The van der Waals surface area contributed by atoms with Gasteiger partial charge < -0.3 is 14.7 Å². The van der Waals surface area contributed by atoms with Gasteiger partial charge in [-0.2, -0.15) is 0 Å². The zero-order chi connectivity index (χ0) is 20.5. The molecule has 2 atom stereocenters. The van der Waals surface area contributed by atoms with E-state index in [4.69, 9.17) is 16.3 Å². The third-order valence-electron chi connectivity index (χ3n) is 5.28. The third-order valence-corrected chi connectivity index (χ3v) is 5.53. The molecule has 1 amide bonds. The van der Waals surface area contributed by atoms with Crippen LogP contribution in [0.2, 0.25) is 5.02 Å². The standard InChI is InChI=1S/C22H19ClFNO4/c23-14-9-7-13(8-10-14)20(26)18-19(16-5-1-2-6-17(16)24)25(22(28)21(18)27)12-15-4-3-11-29-15/h1-2,5-10,15,19,26H,3-4,11-12H2/t15-,19-/m0/s1. The first kappa shape index (κ1) is 19.6. The van der Waals surface area contributed by atoms with E-state index in [9.17, 15) is 19.1 Å².